The predicted molar refractivity (Wildman–Crippen MR) is 98.7 cm³/mol. The van der Waals surface area contributed by atoms with Gasteiger partial charge in [0.1, 0.15) is 5.75 Å². The molecule has 0 aliphatic rings. The van der Waals surface area contributed by atoms with Gasteiger partial charge in [-0.15, -0.1) is 0 Å². The average Bonchev–Trinajstić information content (AvgIpc) is 2.63. The summed E-state index contributed by atoms with van der Waals surface area (Å²) in [6, 6.07) is 18.0. The average molecular weight is 386 g/mol. The van der Waals surface area contributed by atoms with Crippen LogP contribution in [-0.2, 0) is 6.54 Å². The third-order valence-electron chi connectivity index (χ3n) is 3.75. The molecule has 1 N–H and O–H groups in total. The molecule has 0 atom stereocenters. The van der Waals surface area contributed by atoms with Crippen LogP contribution in [0.25, 0.3) is 6.08 Å². The van der Waals surface area contributed by atoms with Crippen LogP contribution in [0.3, 0.4) is 0 Å². The van der Waals surface area contributed by atoms with Crippen LogP contribution in [-0.4, -0.2) is 10.9 Å². The summed E-state index contributed by atoms with van der Waals surface area (Å²) in [7, 11) is 0. The molecular formula is C21H17Cl2NO2. The number of hydrogen-bond donors (Lipinski definition) is 1. The Morgan fingerprint density at radius 2 is 1.73 bits per heavy atom. The number of hydrogen-bond acceptors (Lipinski definition) is 2. The lowest BCUT2D eigenvalue weighted by Gasteiger charge is -1.99. The molecule has 5 heteroatoms. The number of allylic oxidation sites excluding steroid dienone is 1. The molecule has 132 valence electrons. The molecule has 2 aromatic carbocycles. The molecule has 0 aliphatic carbocycles. The minimum atomic E-state index is -0.145. The zero-order valence-corrected chi connectivity index (χ0v) is 15.4. The van der Waals surface area contributed by atoms with Gasteiger partial charge in [-0.1, -0.05) is 41.9 Å². The highest BCUT2D eigenvalue weighted by Crippen LogP contribution is 2.13. The number of halogens is 2. The third-order valence-corrected chi connectivity index (χ3v) is 4.01. The Labute approximate surface area is 163 Å². The molecule has 0 unspecified atom stereocenters. The molecular weight excluding hydrogens is 369 g/mol. The van der Waals surface area contributed by atoms with Crippen LogP contribution >= 0.6 is 11.6 Å². The Bertz CT molecular complexity index is 904. The Morgan fingerprint density at radius 3 is 2.38 bits per heavy atom. The normalized spacial score (nSPS) is 10.5. The maximum atomic E-state index is 12.1. The molecule has 0 spiro atoms. The van der Waals surface area contributed by atoms with Crippen LogP contribution in [0.5, 0.6) is 5.75 Å². The number of nitrogens with zero attached hydrogens (tertiary/aromatic N) is 1. The monoisotopic (exact) mass is 385 g/mol. The van der Waals surface area contributed by atoms with Crippen molar-refractivity contribution in [1.82, 2.24) is 0 Å². The fourth-order valence-electron chi connectivity index (χ4n) is 2.41. The quantitative estimate of drug-likeness (QED) is 0.408. The van der Waals surface area contributed by atoms with Gasteiger partial charge in [0.25, 0.3) is 0 Å². The summed E-state index contributed by atoms with van der Waals surface area (Å²) in [6.45, 7) is 0.753. The number of carbonyl (C=O) groups is 1. The molecule has 3 rings (SSSR count). The first-order valence-electron chi connectivity index (χ1n) is 7.85. The lowest BCUT2D eigenvalue weighted by atomic mass is 10.1. The first kappa shape index (κ1) is 19.7. The van der Waals surface area contributed by atoms with Crippen LogP contribution in [0.15, 0.2) is 79.1 Å². The topological polar surface area (TPSA) is 41.2 Å². The summed E-state index contributed by atoms with van der Waals surface area (Å²) >= 11 is 5.89. The summed E-state index contributed by atoms with van der Waals surface area (Å²) in [5, 5.41) is 10.2. The SMILES string of the molecule is O=C(/C=C/c1cc[n+](Cc2ccc(Cl)cc2)cc1)c1cccc(O)c1.[Cl-]. The van der Waals surface area contributed by atoms with Crippen LogP contribution in [0.4, 0.5) is 0 Å². The second-order valence-corrected chi connectivity index (χ2v) is 6.11. The fourth-order valence-corrected chi connectivity index (χ4v) is 2.54. The van der Waals surface area contributed by atoms with Gasteiger partial charge in [-0.25, -0.2) is 4.57 Å². The van der Waals surface area contributed by atoms with Gasteiger partial charge in [-0.2, -0.15) is 0 Å². The molecule has 3 aromatic rings. The van der Waals surface area contributed by atoms with Crippen molar-refractivity contribution in [2.24, 2.45) is 0 Å². The van der Waals surface area contributed by atoms with Crippen LogP contribution in [0.1, 0.15) is 21.5 Å². The van der Waals surface area contributed by atoms with Crippen molar-refractivity contribution in [1.29, 1.82) is 0 Å². The highest BCUT2D eigenvalue weighted by molar-refractivity contribution is 6.30. The Hall–Kier alpha value is -2.62. The summed E-state index contributed by atoms with van der Waals surface area (Å²) < 4.78 is 2.05. The maximum Gasteiger partial charge on any atom is 0.185 e. The van der Waals surface area contributed by atoms with E-state index in [0.29, 0.717) is 5.56 Å². The van der Waals surface area contributed by atoms with Crippen LogP contribution < -0.4 is 17.0 Å². The third kappa shape index (κ3) is 5.45. The lowest BCUT2D eigenvalue weighted by molar-refractivity contribution is -0.688. The minimum Gasteiger partial charge on any atom is -1.00 e. The molecule has 26 heavy (non-hydrogen) atoms. The number of phenols is 1. The fraction of sp³-hybridized carbons (Fsp3) is 0.0476. The largest absolute Gasteiger partial charge is 1.00 e. The molecule has 0 fully saturated rings. The number of phenolic OH excluding ortho intramolecular Hbond substituents is 1. The molecule has 0 amide bonds. The van der Waals surface area contributed by atoms with Crippen molar-refractivity contribution in [3.05, 3.63) is 101 Å². The number of benzene rings is 2. The molecule has 0 radical (unpaired) electrons. The highest BCUT2D eigenvalue weighted by Gasteiger charge is 2.04. The van der Waals surface area contributed by atoms with Gasteiger partial charge in [0.05, 0.1) is 0 Å². The van der Waals surface area contributed by atoms with Crippen molar-refractivity contribution >= 4 is 23.5 Å². The van der Waals surface area contributed by atoms with Crippen molar-refractivity contribution < 1.29 is 26.9 Å². The van der Waals surface area contributed by atoms with Gasteiger partial charge < -0.3 is 17.5 Å². The maximum absolute atomic E-state index is 12.1. The summed E-state index contributed by atoms with van der Waals surface area (Å²) in [5.41, 5.74) is 2.56. The molecule has 0 saturated heterocycles. The number of aromatic hydroxyl groups is 1. The zero-order chi connectivity index (χ0) is 17.6. The van der Waals surface area contributed by atoms with Crippen molar-refractivity contribution in [2.75, 3.05) is 0 Å². The van der Waals surface area contributed by atoms with Gasteiger partial charge in [-0.3, -0.25) is 4.79 Å². The predicted octanol–water partition coefficient (Wildman–Crippen LogP) is 1.28. The Morgan fingerprint density at radius 1 is 1.04 bits per heavy atom. The van der Waals surface area contributed by atoms with Gasteiger partial charge in [-0.05, 0) is 35.9 Å². The highest BCUT2D eigenvalue weighted by atomic mass is 35.5. The second kappa shape index (κ2) is 9.18. The first-order valence-corrected chi connectivity index (χ1v) is 8.23. The number of rotatable bonds is 5. The Kier molecular flexibility index (Phi) is 6.96. The van der Waals surface area contributed by atoms with E-state index in [9.17, 15) is 9.90 Å². The molecule has 0 bridgehead atoms. The molecule has 1 heterocycles. The van der Waals surface area contributed by atoms with E-state index < -0.39 is 0 Å². The van der Waals surface area contributed by atoms with Crippen molar-refractivity contribution in [3.63, 3.8) is 0 Å². The van der Waals surface area contributed by atoms with Crippen LogP contribution in [0.2, 0.25) is 5.02 Å². The van der Waals surface area contributed by atoms with Crippen molar-refractivity contribution in [3.8, 4) is 5.75 Å². The molecule has 3 nitrogen and oxygen atoms in total. The number of carbonyl (C=O) groups excluding carboxylic acids is 1. The summed E-state index contributed by atoms with van der Waals surface area (Å²) in [5.74, 6) is -0.0593. The first-order chi connectivity index (χ1) is 12.1. The standard InChI is InChI=1S/C21H16ClNO2.ClH/c22-19-7-4-17(5-8-19)15-23-12-10-16(11-13-23)6-9-21(25)18-2-1-3-20(24)14-18;/h1-14H,15H2;1H/b9-6+;. The minimum absolute atomic E-state index is 0. The summed E-state index contributed by atoms with van der Waals surface area (Å²) in [4.78, 5) is 12.1. The van der Waals surface area contributed by atoms with E-state index in [4.69, 9.17) is 11.6 Å². The van der Waals surface area contributed by atoms with E-state index >= 15 is 0 Å². The van der Waals surface area contributed by atoms with Gasteiger partial charge >= 0.3 is 0 Å². The van der Waals surface area contributed by atoms with E-state index in [1.807, 2.05) is 48.8 Å². The number of aromatic nitrogens is 1. The van der Waals surface area contributed by atoms with E-state index in [1.165, 1.54) is 18.2 Å². The second-order valence-electron chi connectivity index (χ2n) is 5.68. The molecule has 1 aromatic heterocycles. The van der Waals surface area contributed by atoms with Crippen LogP contribution in [0, 0.1) is 0 Å². The Balaban J connectivity index is 0.00000243. The molecule has 0 aliphatic heterocycles. The molecule has 0 saturated carbocycles. The van der Waals surface area contributed by atoms with Crippen molar-refractivity contribution in [2.45, 2.75) is 6.54 Å². The smallest absolute Gasteiger partial charge is 0.185 e. The number of ketones is 1. The number of pyridine rings is 1. The zero-order valence-electron chi connectivity index (χ0n) is 13.8. The van der Waals surface area contributed by atoms with Gasteiger partial charge in [0.2, 0.25) is 0 Å². The van der Waals surface area contributed by atoms with Gasteiger partial charge in [0.15, 0.2) is 24.7 Å². The van der Waals surface area contributed by atoms with E-state index in [2.05, 4.69) is 4.57 Å². The van der Waals surface area contributed by atoms with E-state index in [1.54, 1.807) is 18.2 Å². The lowest BCUT2D eigenvalue weighted by Crippen LogP contribution is -3.00. The van der Waals surface area contributed by atoms with E-state index in [-0.39, 0.29) is 23.9 Å². The van der Waals surface area contributed by atoms with Gasteiger partial charge in [0, 0.05) is 28.3 Å². The summed E-state index contributed by atoms with van der Waals surface area (Å²) in [6.07, 6.45) is 7.20. The van der Waals surface area contributed by atoms with E-state index in [0.717, 1.165) is 22.7 Å².